The average molecular weight is 347 g/mol. The number of rotatable bonds is 13. The van der Waals surface area contributed by atoms with Gasteiger partial charge in [0.1, 0.15) is 18.3 Å². The van der Waals surface area contributed by atoms with Crippen LogP contribution in [0.25, 0.3) is 0 Å². The third-order valence-electron chi connectivity index (χ3n) is 4.82. The molecule has 0 radical (unpaired) electrons. The first-order valence-electron chi connectivity index (χ1n) is 9.77. The van der Waals surface area contributed by atoms with Gasteiger partial charge in [0.15, 0.2) is 6.29 Å². The number of methoxy groups -OCH3 is 1. The third-order valence-corrected chi connectivity index (χ3v) is 4.82. The van der Waals surface area contributed by atoms with Gasteiger partial charge in [0.2, 0.25) is 0 Å². The van der Waals surface area contributed by atoms with E-state index in [-0.39, 0.29) is 0 Å². The van der Waals surface area contributed by atoms with E-state index in [0.29, 0.717) is 6.61 Å². The third kappa shape index (κ3) is 7.79. The van der Waals surface area contributed by atoms with E-state index in [9.17, 15) is 10.2 Å². The summed E-state index contributed by atoms with van der Waals surface area (Å²) in [6.07, 6.45) is 9.10. The normalized spacial score (nSPS) is 30.6. The summed E-state index contributed by atoms with van der Waals surface area (Å²) in [5, 5.41) is 20.0. The molecule has 5 heteroatoms. The first-order chi connectivity index (χ1) is 11.6. The summed E-state index contributed by atoms with van der Waals surface area (Å²) in [6, 6.07) is 0. The Hall–Kier alpha value is -0.200. The summed E-state index contributed by atoms with van der Waals surface area (Å²) in [5.41, 5.74) is 0. The zero-order valence-corrected chi connectivity index (χ0v) is 15.8. The van der Waals surface area contributed by atoms with Crippen LogP contribution in [0.2, 0.25) is 0 Å². The lowest BCUT2D eigenvalue weighted by molar-refractivity contribution is -0.296. The maximum absolute atomic E-state index is 10.1. The molecule has 0 aromatic rings. The molecule has 0 amide bonds. The fraction of sp³-hybridized carbons (Fsp3) is 1.00. The van der Waals surface area contributed by atoms with Gasteiger partial charge in [-0.15, -0.1) is 0 Å². The van der Waals surface area contributed by atoms with E-state index in [1.54, 1.807) is 6.92 Å². The lowest BCUT2D eigenvalue weighted by atomic mass is 10.00. The molecule has 0 saturated carbocycles. The summed E-state index contributed by atoms with van der Waals surface area (Å²) >= 11 is 0. The Morgan fingerprint density at radius 1 is 0.833 bits per heavy atom. The Balaban J connectivity index is 2.05. The van der Waals surface area contributed by atoms with Crippen molar-refractivity contribution in [3.63, 3.8) is 0 Å². The number of aliphatic hydroxyl groups is 2. The summed E-state index contributed by atoms with van der Waals surface area (Å²) in [4.78, 5) is 0. The molecular formula is C19H38O5. The van der Waals surface area contributed by atoms with Crippen molar-refractivity contribution < 1.29 is 24.4 Å². The van der Waals surface area contributed by atoms with Crippen molar-refractivity contribution in [2.75, 3.05) is 13.7 Å². The molecule has 5 atom stereocenters. The molecule has 0 spiro atoms. The van der Waals surface area contributed by atoms with Crippen molar-refractivity contribution in [1.29, 1.82) is 0 Å². The number of unbranched alkanes of at least 4 members (excludes halogenated alkanes) is 9. The van der Waals surface area contributed by atoms with Crippen LogP contribution in [0, 0.1) is 0 Å². The Bertz CT molecular complexity index is 297. The largest absolute Gasteiger partial charge is 0.388 e. The van der Waals surface area contributed by atoms with E-state index in [0.717, 1.165) is 12.8 Å². The summed E-state index contributed by atoms with van der Waals surface area (Å²) in [6.45, 7) is 4.53. The van der Waals surface area contributed by atoms with Gasteiger partial charge in [0, 0.05) is 13.7 Å². The van der Waals surface area contributed by atoms with Gasteiger partial charge in [-0.1, -0.05) is 64.7 Å². The van der Waals surface area contributed by atoms with E-state index in [1.165, 1.54) is 58.5 Å². The SMILES string of the molecule is CCCCCCCCCCCCOC1[C@H](OC)OC(C)[C@H](O)[C@@H]1O. The van der Waals surface area contributed by atoms with E-state index >= 15 is 0 Å². The predicted octanol–water partition coefficient (Wildman–Crippen LogP) is 3.41. The maximum Gasteiger partial charge on any atom is 0.186 e. The van der Waals surface area contributed by atoms with E-state index in [4.69, 9.17) is 14.2 Å². The first-order valence-corrected chi connectivity index (χ1v) is 9.77. The number of hydrogen-bond donors (Lipinski definition) is 2. The minimum absolute atomic E-state index is 0.456. The van der Waals surface area contributed by atoms with Gasteiger partial charge in [0.25, 0.3) is 0 Å². The lowest BCUT2D eigenvalue weighted by Gasteiger charge is -2.40. The van der Waals surface area contributed by atoms with Crippen LogP contribution < -0.4 is 0 Å². The highest BCUT2D eigenvalue weighted by Crippen LogP contribution is 2.24. The van der Waals surface area contributed by atoms with Crippen LogP contribution in [0.3, 0.4) is 0 Å². The molecule has 1 fully saturated rings. The van der Waals surface area contributed by atoms with E-state index < -0.39 is 30.7 Å². The van der Waals surface area contributed by atoms with Crippen LogP contribution >= 0.6 is 0 Å². The summed E-state index contributed by atoms with van der Waals surface area (Å²) < 4.78 is 16.5. The Morgan fingerprint density at radius 3 is 1.92 bits per heavy atom. The van der Waals surface area contributed by atoms with Crippen molar-refractivity contribution in [3.05, 3.63) is 0 Å². The van der Waals surface area contributed by atoms with Gasteiger partial charge in [-0.2, -0.15) is 0 Å². The highest BCUT2D eigenvalue weighted by molar-refractivity contribution is 4.88. The molecule has 1 heterocycles. The first kappa shape index (κ1) is 21.8. The Labute approximate surface area is 147 Å². The molecule has 1 aliphatic heterocycles. The predicted molar refractivity (Wildman–Crippen MR) is 94.9 cm³/mol. The van der Waals surface area contributed by atoms with Crippen molar-refractivity contribution >= 4 is 0 Å². The minimum atomic E-state index is -0.971. The van der Waals surface area contributed by atoms with Crippen molar-refractivity contribution in [1.82, 2.24) is 0 Å². The van der Waals surface area contributed by atoms with E-state index in [1.807, 2.05) is 0 Å². The van der Waals surface area contributed by atoms with Crippen molar-refractivity contribution in [2.45, 2.75) is 109 Å². The molecule has 0 aromatic carbocycles. The monoisotopic (exact) mass is 346 g/mol. The maximum atomic E-state index is 10.1. The van der Waals surface area contributed by atoms with Gasteiger partial charge in [0.05, 0.1) is 6.10 Å². The zero-order valence-electron chi connectivity index (χ0n) is 15.8. The Morgan fingerprint density at radius 2 is 1.38 bits per heavy atom. The van der Waals surface area contributed by atoms with Crippen LogP contribution in [0.4, 0.5) is 0 Å². The second-order valence-electron chi connectivity index (χ2n) is 6.94. The summed E-state index contributed by atoms with van der Waals surface area (Å²) in [5.74, 6) is 0. The second-order valence-corrected chi connectivity index (χ2v) is 6.94. The van der Waals surface area contributed by atoms with Crippen LogP contribution in [0.5, 0.6) is 0 Å². The highest BCUT2D eigenvalue weighted by Gasteiger charge is 2.43. The fourth-order valence-electron chi connectivity index (χ4n) is 3.18. The molecule has 0 aromatic heterocycles. The molecule has 0 aliphatic carbocycles. The summed E-state index contributed by atoms with van der Waals surface area (Å²) in [7, 11) is 1.53. The number of aliphatic hydroxyl groups excluding tert-OH is 2. The zero-order chi connectivity index (χ0) is 17.8. The quantitative estimate of drug-likeness (QED) is 0.500. The molecule has 24 heavy (non-hydrogen) atoms. The molecular weight excluding hydrogens is 308 g/mol. The van der Waals surface area contributed by atoms with Gasteiger partial charge >= 0.3 is 0 Å². The molecule has 144 valence electrons. The minimum Gasteiger partial charge on any atom is -0.388 e. The van der Waals surface area contributed by atoms with Gasteiger partial charge in [-0.3, -0.25) is 0 Å². The molecule has 1 rings (SSSR count). The van der Waals surface area contributed by atoms with Gasteiger partial charge in [-0.05, 0) is 13.3 Å². The molecule has 2 unspecified atom stereocenters. The van der Waals surface area contributed by atoms with Crippen LogP contribution in [-0.2, 0) is 14.2 Å². The molecule has 5 nitrogen and oxygen atoms in total. The molecule has 1 aliphatic rings. The number of hydrogen-bond acceptors (Lipinski definition) is 5. The number of ether oxygens (including phenoxy) is 3. The van der Waals surface area contributed by atoms with Crippen LogP contribution in [-0.4, -0.2) is 54.6 Å². The smallest absolute Gasteiger partial charge is 0.186 e. The topological polar surface area (TPSA) is 68.2 Å². The van der Waals surface area contributed by atoms with Gasteiger partial charge in [-0.25, -0.2) is 0 Å². The fourth-order valence-corrected chi connectivity index (χ4v) is 3.18. The molecule has 2 N–H and O–H groups in total. The van der Waals surface area contributed by atoms with E-state index in [2.05, 4.69) is 6.92 Å². The molecule has 1 saturated heterocycles. The van der Waals surface area contributed by atoms with Gasteiger partial charge < -0.3 is 24.4 Å². The highest BCUT2D eigenvalue weighted by atomic mass is 16.7. The van der Waals surface area contributed by atoms with Crippen LogP contribution in [0.15, 0.2) is 0 Å². The second kappa shape index (κ2) is 13.1. The average Bonchev–Trinajstić information content (AvgIpc) is 2.59. The van der Waals surface area contributed by atoms with Crippen LogP contribution in [0.1, 0.15) is 78.1 Å². The van der Waals surface area contributed by atoms with Crippen molar-refractivity contribution in [2.24, 2.45) is 0 Å². The van der Waals surface area contributed by atoms with Crippen molar-refractivity contribution in [3.8, 4) is 0 Å². The standard InChI is InChI=1S/C19H38O5/c1-4-5-6-7-8-9-10-11-12-13-14-23-18-17(21)16(20)15(2)24-19(18)22-3/h15-21H,4-14H2,1-3H3/t15?,16-,17-,18?,19+/m0/s1. The molecule has 0 bridgehead atoms. The Kier molecular flexibility index (Phi) is 11.9. The lowest BCUT2D eigenvalue weighted by Crippen LogP contribution is -2.58.